The molecule has 2 rings (SSSR count). The highest BCUT2D eigenvalue weighted by Gasteiger charge is 2.24. The highest BCUT2D eigenvalue weighted by Crippen LogP contribution is 2.31. The molecule has 1 aliphatic heterocycles. The van der Waals surface area contributed by atoms with Gasteiger partial charge in [-0.25, -0.2) is 0 Å². The van der Waals surface area contributed by atoms with Crippen LogP contribution in [0.5, 0.6) is 5.75 Å². The van der Waals surface area contributed by atoms with Crippen LogP contribution in [0.1, 0.15) is 45.2 Å². The van der Waals surface area contributed by atoms with Gasteiger partial charge in [0, 0.05) is 11.6 Å². The molecule has 0 aromatic heterocycles. The van der Waals surface area contributed by atoms with Crippen LogP contribution in [0, 0.1) is 5.92 Å². The Morgan fingerprint density at radius 2 is 1.95 bits per heavy atom. The lowest BCUT2D eigenvalue weighted by atomic mass is 9.94. The van der Waals surface area contributed by atoms with Crippen LogP contribution >= 0.6 is 0 Å². The number of piperidine rings is 1. The Labute approximate surface area is 129 Å². The van der Waals surface area contributed by atoms with Crippen molar-refractivity contribution in [3.63, 3.8) is 0 Å². The van der Waals surface area contributed by atoms with E-state index < -0.39 is 0 Å². The van der Waals surface area contributed by atoms with Crippen LogP contribution in [0.4, 0.5) is 0 Å². The predicted octanol–water partition coefficient (Wildman–Crippen LogP) is 3.47. The largest absolute Gasteiger partial charge is 0.494 e. The first-order valence-corrected chi connectivity index (χ1v) is 8.42. The van der Waals surface area contributed by atoms with Crippen molar-refractivity contribution in [2.24, 2.45) is 5.92 Å². The molecule has 3 heteroatoms. The third-order valence-electron chi connectivity index (χ3n) is 4.55. The Hall–Kier alpha value is -1.06. The van der Waals surface area contributed by atoms with Gasteiger partial charge in [-0.15, -0.1) is 0 Å². The van der Waals surface area contributed by atoms with Crippen molar-refractivity contribution in [3.05, 3.63) is 29.8 Å². The van der Waals surface area contributed by atoms with E-state index in [1.54, 1.807) is 0 Å². The zero-order chi connectivity index (χ0) is 15.1. The predicted molar refractivity (Wildman–Crippen MR) is 88.9 cm³/mol. The molecule has 1 fully saturated rings. The molecule has 0 saturated carbocycles. The van der Waals surface area contributed by atoms with Gasteiger partial charge in [0.25, 0.3) is 0 Å². The average molecular weight is 290 g/mol. The zero-order valence-electron chi connectivity index (χ0n) is 13.8. The van der Waals surface area contributed by atoms with Crippen molar-refractivity contribution in [1.29, 1.82) is 0 Å². The second-order valence-corrected chi connectivity index (χ2v) is 5.93. The molecule has 1 N–H and O–H groups in total. The van der Waals surface area contributed by atoms with E-state index in [0.29, 0.717) is 6.04 Å². The summed E-state index contributed by atoms with van der Waals surface area (Å²) in [6.07, 6.45) is 2.60. The Balaban J connectivity index is 1.94. The quantitative estimate of drug-likeness (QED) is 0.832. The smallest absolute Gasteiger partial charge is 0.124 e. The lowest BCUT2D eigenvalue weighted by molar-refractivity contribution is 0.138. The van der Waals surface area contributed by atoms with Crippen molar-refractivity contribution < 1.29 is 4.74 Å². The Kier molecular flexibility index (Phi) is 6.52. The summed E-state index contributed by atoms with van der Waals surface area (Å²) in [5, 5.41) is 3.48. The summed E-state index contributed by atoms with van der Waals surface area (Å²) >= 11 is 0. The minimum Gasteiger partial charge on any atom is -0.494 e. The van der Waals surface area contributed by atoms with E-state index in [9.17, 15) is 0 Å². The van der Waals surface area contributed by atoms with Crippen LogP contribution < -0.4 is 10.1 Å². The summed E-state index contributed by atoms with van der Waals surface area (Å²) in [6, 6.07) is 8.91. The van der Waals surface area contributed by atoms with Crippen molar-refractivity contribution in [2.75, 3.05) is 32.8 Å². The normalized spacial score (nSPS) is 18.6. The van der Waals surface area contributed by atoms with Crippen LogP contribution in [0.15, 0.2) is 24.3 Å². The third-order valence-corrected chi connectivity index (χ3v) is 4.55. The standard InChI is InChI=1S/C18H30N2O/c1-4-19-14-16-10-12-20(13-11-16)15(3)17-8-6-7-9-18(17)21-5-2/h6-9,15-16,19H,4-5,10-14H2,1-3H3. The number of benzene rings is 1. The molecule has 3 nitrogen and oxygen atoms in total. The molecule has 1 aromatic carbocycles. The van der Waals surface area contributed by atoms with Crippen molar-refractivity contribution in [2.45, 2.75) is 39.7 Å². The molecule has 0 spiro atoms. The molecule has 1 aliphatic rings. The lowest BCUT2D eigenvalue weighted by Crippen LogP contribution is -2.38. The highest BCUT2D eigenvalue weighted by molar-refractivity contribution is 5.35. The van der Waals surface area contributed by atoms with Gasteiger partial charge in [-0.2, -0.15) is 0 Å². The fraction of sp³-hybridized carbons (Fsp3) is 0.667. The van der Waals surface area contributed by atoms with Gasteiger partial charge in [-0.05, 0) is 64.9 Å². The maximum Gasteiger partial charge on any atom is 0.124 e. The number of ether oxygens (including phenoxy) is 1. The number of para-hydroxylation sites is 1. The number of nitrogens with zero attached hydrogens (tertiary/aromatic N) is 1. The molecule has 1 saturated heterocycles. The summed E-state index contributed by atoms with van der Waals surface area (Å²) in [7, 11) is 0. The maximum atomic E-state index is 5.79. The Morgan fingerprint density at radius 3 is 2.62 bits per heavy atom. The van der Waals surface area contributed by atoms with Gasteiger partial charge in [0.2, 0.25) is 0 Å². The first-order chi connectivity index (χ1) is 10.3. The van der Waals surface area contributed by atoms with Gasteiger partial charge in [0.1, 0.15) is 5.75 Å². The molecule has 0 bridgehead atoms. The van der Waals surface area contributed by atoms with E-state index in [2.05, 4.69) is 48.3 Å². The maximum absolute atomic E-state index is 5.79. The second kappa shape index (κ2) is 8.40. The number of rotatable bonds is 7. The molecular weight excluding hydrogens is 260 g/mol. The molecule has 0 aliphatic carbocycles. The number of hydrogen-bond acceptors (Lipinski definition) is 3. The molecule has 1 unspecified atom stereocenters. The Morgan fingerprint density at radius 1 is 1.24 bits per heavy atom. The molecule has 0 amide bonds. The van der Waals surface area contributed by atoms with Gasteiger partial charge in [0.05, 0.1) is 6.61 Å². The van der Waals surface area contributed by atoms with E-state index >= 15 is 0 Å². The second-order valence-electron chi connectivity index (χ2n) is 5.93. The van der Waals surface area contributed by atoms with E-state index in [1.165, 1.54) is 38.0 Å². The molecule has 21 heavy (non-hydrogen) atoms. The summed E-state index contributed by atoms with van der Waals surface area (Å²) in [5.74, 6) is 1.89. The molecule has 1 heterocycles. The van der Waals surface area contributed by atoms with E-state index in [4.69, 9.17) is 4.74 Å². The van der Waals surface area contributed by atoms with Crippen molar-refractivity contribution in [3.8, 4) is 5.75 Å². The summed E-state index contributed by atoms with van der Waals surface area (Å²) in [6.45, 7) is 11.9. The van der Waals surface area contributed by atoms with Crippen molar-refractivity contribution >= 4 is 0 Å². The highest BCUT2D eigenvalue weighted by atomic mass is 16.5. The van der Waals surface area contributed by atoms with E-state index in [-0.39, 0.29) is 0 Å². The molecule has 0 radical (unpaired) electrons. The summed E-state index contributed by atoms with van der Waals surface area (Å²) in [5.41, 5.74) is 1.32. The third kappa shape index (κ3) is 4.45. The number of hydrogen-bond donors (Lipinski definition) is 1. The zero-order valence-corrected chi connectivity index (χ0v) is 13.8. The minimum absolute atomic E-state index is 0.438. The van der Waals surface area contributed by atoms with Crippen LogP contribution in [-0.2, 0) is 0 Å². The average Bonchev–Trinajstić information content (AvgIpc) is 2.53. The van der Waals surface area contributed by atoms with Crippen LogP contribution in [0.2, 0.25) is 0 Å². The molecule has 118 valence electrons. The number of likely N-dealkylation sites (tertiary alicyclic amines) is 1. The lowest BCUT2D eigenvalue weighted by Gasteiger charge is -2.36. The van der Waals surface area contributed by atoms with Crippen LogP contribution in [0.3, 0.4) is 0 Å². The minimum atomic E-state index is 0.438. The van der Waals surface area contributed by atoms with E-state index in [1.807, 2.05) is 6.92 Å². The molecule has 1 atom stereocenters. The molecular formula is C18H30N2O. The van der Waals surface area contributed by atoms with Crippen LogP contribution in [0.25, 0.3) is 0 Å². The summed E-state index contributed by atoms with van der Waals surface area (Å²) < 4.78 is 5.79. The molecule has 1 aromatic rings. The van der Waals surface area contributed by atoms with Gasteiger partial charge < -0.3 is 10.1 Å². The van der Waals surface area contributed by atoms with Gasteiger partial charge in [0.15, 0.2) is 0 Å². The topological polar surface area (TPSA) is 24.5 Å². The first kappa shape index (κ1) is 16.3. The number of nitrogens with one attached hydrogen (secondary N) is 1. The first-order valence-electron chi connectivity index (χ1n) is 8.42. The fourth-order valence-electron chi connectivity index (χ4n) is 3.20. The van der Waals surface area contributed by atoms with E-state index in [0.717, 1.165) is 24.8 Å². The van der Waals surface area contributed by atoms with Gasteiger partial charge in [-0.3, -0.25) is 4.90 Å². The summed E-state index contributed by atoms with van der Waals surface area (Å²) in [4.78, 5) is 2.60. The van der Waals surface area contributed by atoms with Gasteiger partial charge in [-0.1, -0.05) is 25.1 Å². The fourth-order valence-corrected chi connectivity index (χ4v) is 3.20. The Bertz CT molecular complexity index is 413. The van der Waals surface area contributed by atoms with Crippen molar-refractivity contribution in [1.82, 2.24) is 10.2 Å². The monoisotopic (exact) mass is 290 g/mol. The van der Waals surface area contributed by atoms with Crippen LogP contribution in [-0.4, -0.2) is 37.7 Å². The van der Waals surface area contributed by atoms with Gasteiger partial charge >= 0.3 is 0 Å². The SMILES string of the molecule is CCNCC1CCN(C(C)c2ccccc2OCC)CC1.